The second kappa shape index (κ2) is 8.54. The van der Waals surface area contributed by atoms with E-state index in [-0.39, 0.29) is 11.1 Å². The molecule has 31 heavy (non-hydrogen) atoms. The van der Waals surface area contributed by atoms with Gasteiger partial charge in [-0.25, -0.2) is 8.78 Å². The lowest BCUT2D eigenvalue weighted by atomic mass is 10.2. The third-order valence-electron chi connectivity index (χ3n) is 4.43. The Morgan fingerprint density at radius 3 is 2.00 bits per heavy atom. The quantitative estimate of drug-likeness (QED) is 0.309. The summed E-state index contributed by atoms with van der Waals surface area (Å²) in [6.07, 6.45) is 0. The average Bonchev–Trinajstić information content (AvgIpc) is 3.14. The van der Waals surface area contributed by atoms with Crippen molar-refractivity contribution in [2.24, 2.45) is 10.2 Å². The van der Waals surface area contributed by atoms with Crippen molar-refractivity contribution in [2.45, 2.75) is 0 Å². The van der Waals surface area contributed by atoms with Gasteiger partial charge in [0.05, 0.1) is 0 Å². The number of carbonyl (C=O) groups is 2. The van der Waals surface area contributed by atoms with E-state index in [1.807, 2.05) is 0 Å². The largest absolute Gasteiger partial charge is 0.323 e. The van der Waals surface area contributed by atoms with Gasteiger partial charge < -0.3 is 4.98 Å². The van der Waals surface area contributed by atoms with E-state index >= 15 is 0 Å². The minimum absolute atomic E-state index is 0.200. The fourth-order valence-electron chi connectivity index (χ4n) is 2.88. The first-order valence-electron chi connectivity index (χ1n) is 9.15. The molecule has 0 spiro atoms. The number of fused-ring (bicyclic) bond motifs is 1. The Morgan fingerprint density at radius 1 is 0.774 bits per heavy atom. The maximum Gasteiger partial charge on any atom is 0.295 e. The van der Waals surface area contributed by atoms with Crippen molar-refractivity contribution in [3.8, 4) is 0 Å². The highest BCUT2D eigenvalue weighted by molar-refractivity contribution is 6.02. The Kier molecular flexibility index (Phi) is 5.48. The van der Waals surface area contributed by atoms with E-state index in [9.17, 15) is 18.4 Å². The number of anilines is 1. The van der Waals surface area contributed by atoms with Crippen LogP contribution < -0.4 is 10.9 Å². The molecule has 0 aliphatic carbocycles. The first kappa shape index (κ1) is 19.9. The molecule has 0 saturated carbocycles. The second-order valence-electron chi connectivity index (χ2n) is 6.49. The van der Waals surface area contributed by atoms with Crippen molar-refractivity contribution in [2.75, 3.05) is 5.43 Å². The SMILES string of the molecule is O=C(N=Nc1[nH]c(NNC(=O)c2ccc(F)cc2)c2ccccc12)c1ccc(F)cc1. The smallest absolute Gasteiger partial charge is 0.295 e. The molecule has 4 aromatic rings. The minimum Gasteiger partial charge on any atom is -0.323 e. The molecule has 0 unspecified atom stereocenters. The molecule has 3 aromatic carbocycles. The molecule has 0 saturated heterocycles. The van der Waals surface area contributed by atoms with E-state index in [4.69, 9.17) is 0 Å². The van der Waals surface area contributed by atoms with E-state index in [0.29, 0.717) is 22.4 Å². The zero-order chi connectivity index (χ0) is 21.8. The highest BCUT2D eigenvalue weighted by Gasteiger charge is 2.12. The predicted molar refractivity (Wildman–Crippen MR) is 111 cm³/mol. The number of hydrogen-bond donors (Lipinski definition) is 3. The van der Waals surface area contributed by atoms with Gasteiger partial charge in [0.15, 0.2) is 5.82 Å². The third kappa shape index (κ3) is 4.45. The van der Waals surface area contributed by atoms with Crippen molar-refractivity contribution < 1.29 is 18.4 Å². The number of rotatable bonds is 5. The fraction of sp³-hybridized carbons (Fsp3) is 0. The van der Waals surface area contributed by atoms with Gasteiger partial charge in [-0.15, -0.1) is 10.2 Å². The van der Waals surface area contributed by atoms with Gasteiger partial charge in [0.2, 0.25) is 0 Å². The first-order chi connectivity index (χ1) is 15.0. The lowest BCUT2D eigenvalue weighted by Gasteiger charge is -2.07. The molecule has 1 heterocycles. The number of hydrazine groups is 1. The van der Waals surface area contributed by atoms with Crippen molar-refractivity contribution >= 4 is 34.2 Å². The van der Waals surface area contributed by atoms with Crippen LogP contribution in [0.15, 0.2) is 83.0 Å². The summed E-state index contributed by atoms with van der Waals surface area (Å²) in [6.45, 7) is 0. The van der Waals surface area contributed by atoms with Crippen LogP contribution >= 0.6 is 0 Å². The molecule has 0 bridgehead atoms. The standard InChI is InChI=1S/C22H15F2N5O2/c23-15-9-5-13(6-10-15)21(30)28-26-19-17-3-1-2-4-18(17)20(25-19)27-29-22(31)14-7-11-16(24)12-8-14/h1-12,25-26H,(H,28,30). The van der Waals surface area contributed by atoms with Crippen LogP contribution in [-0.4, -0.2) is 16.8 Å². The number of hydrogen-bond acceptors (Lipinski definition) is 4. The molecule has 0 aliphatic heterocycles. The van der Waals surface area contributed by atoms with Crippen LogP contribution in [0.3, 0.4) is 0 Å². The van der Waals surface area contributed by atoms with Gasteiger partial charge in [0.25, 0.3) is 11.8 Å². The molecule has 1 aromatic heterocycles. The second-order valence-corrected chi connectivity index (χ2v) is 6.49. The number of nitrogens with zero attached hydrogens (tertiary/aromatic N) is 2. The van der Waals surface area contributed by atoms with Gasteiger partial charge >= 0.3 is 0 Å². The molecule has 154 valence electrons. The van der Waals surface area contributed by atoms with E-state index in [1.165, 1.54) is 48.5 Å². The molecule has 3 N–H and O–H groups in total. The Balaban J connectivity index is 1.54. The Morgan fingerprint density at radius 2 is 1.35 bits per heavy atom. The predicted octanol–water partition coefficient (Wildman–Crippen LogP) is 5.13. The number of halogens is 2. The summed E-state index contributed by atoms with van der Waals surface area (Å²) in [5.74, 6) is -1.27. The van der Waals surface area contributed by atoms with E-state index in [1.54, 1.807) is 24.3 Å². The zero-order valence-corrected chi connectivity index (χ0v) is 15.9. The topological polar surface area (TPSA) is 98.7 Å². The van der Waals surface area contributed by atoms with Crippen LogP contribution in [0.1, 0.15) is 20.7 Å². The van der Waals surface area contributed by atoms with Crippen LogP contribution in [0.5, 0.6) is 0 Å². The van der Waals surface area contributed by atoms with Gasteiger partial charge in [-0.05, 0) is 48.5 Å². The number of H-pyrrole nitrogens is 1. The molecular weight excluding hydrogens is 404 g/mol. The number of aromatic amines is 1. The molecule has 9 heteroatoms. The number of nitrogens with one attached hydrogen (secondary N) is 3. The van der Waals surface area contributed by atoms with Crippen molar-refractivity contribution in [1.82, 2.24) is 10.4 Å². The summed E-state index contributed by atoms with van der Waals surface area (Å²) in [4.78, 5) is 27.4. The van der Waals surface area contributed by atoms with Crippen molar-refractivity contribution in [3.05, 3.63) is 95.6 Å². The summed E-state index contributed by atoms with van der Waals surface area (Å²) in [7, 11) is 0. The number of amides is 2. The molecule has 4 rings (SSSR count). The van der Waals surface area contributed by atoms with Gasteiger partial charge in [-0.3, -0.25) is 20.4 Å². The Hall–Kier alpha value is -4.40. The summed E-state index contributed by atoms with van der Waals surface area (Å²) >= 11 is 0. The number of azo groups is 1. The minimum atomic E-state index is -0.627. The van der Waals surface area contributed by atoms with E-state index in [2.05, 4.69) is 26.1 Å². The summed E-state index contributed by atoms with van der Waals surface area (Å²) in [5, 5.41) is 9.03. The molecule has 7 nitrogen and oxygen atoms in total. The lowest BCUT2D eigenvalue weighted by Crippen LogP contribution is -2.29. The lowest BCUT2D eigenvalue weighted by molar-refractivity contribution is 0.0960. The fourth-order valence-corrected chi connectivity index (χ4v) is 2.88. The van der Waals surface area contributed by atoms with Crippen molar-refractivity contribution in [3.63, 3.8) is 0 Å². The number of aromatic nitrogens is 1. The van der Waals surface area contributed by atoms with Crippen LogP contribution in [0.25, 0.3) is 10.8 Å². The van der Waals surface area contributed by atoms with Crippen LogP contribution in [0, 0.1) is 11.6 Å². The van der Waals surface area contributed by atoms with Crippen LogP contribution in [0.4, 0.5) is 20.4 Å². The summed E-state index contributed by atoms with van der Waals surface area (Å²) in [6, 6.07) is 17.2. The molecule has 0 aliphatic rings. The highest BCUT2D eigenvalue weighted by Crippen LogP contribution is 2.32. The van der Waals surface area contributed by atoms with Crippen molar-refractivity contribution in [1.29, 1.82) is 0 Å². The number of carbonyl (C=O) groups excluding carboxylic acids is 2. The van der Waals surface area contributed by atoms with Crippen LogP contribution in [-0.2, 0) is 0 Å². The molecule has 0 radical (unpaired) electrons. The maximum atomic E-state index is 13.0. The third-order valence-corrected chi connectivity index (χ3v) is 4.43. The van der Waals surface area contributed by atoms with E-state index < -0.39 is 23.4 Å². The Bertz CT molecular complexity index is 1280. The van der Waals surface area contributed by atoms with Gasteiger partial charge in [-0.2, -0.15) is 0 Å². The zero-order valence-electron chi connectivity index (χ0n) is 15.9. The maximum absolute atomic E-state index is 13.0. The van der Waals surface area contributed by atoms with E-state index in [0.717, 1.165) is 0 Å². The van der Waals surface area contributed by atoms with Gasteiger partial charge in [0, 0.05) is 21.9 Å². The average molecular weight is 419 g/mol. The monoisotopic (exact) mass is 419 g/mol. The summed E-state index contributed by atoms with van der Waals surface area (Å²) < 4.78 is 26.0. The summed E-state index contributed by atoms with van der Waals surface area (Å²) in [5.41, 5.74) is 5.76. The molecular formula is C22H15F2N5O2. The number of benzene rings is 3. The first-order valence-corrected chi connectivity index (χ1v) is 9.15. The molecule has 0 atom stereocenters. The highest BCUT2D eigenvalue weighted by atomic mass is 19.1. The molecule has 0 fully saturated rings. The van der Waals surface area contributed by atoms with Crippen LogP contribution in [0.2, 0.25) is 0 Å². The molecule has 2 amide bonds. The Labute approximate surface area is 174 Å². The van der Waals surface area contributed by atoms with Gasteiger partial charge in [0.1, 0.15) is 17.5 Å². The van der Waals surface area contributed by atoms with Gasteiger partial charge in [-0.1, -0.05) is 24.3 Å². The normalized spacial score (nSPS) is 11.0.